The lowest BCUT2D eigenvalue weighted by atomic mass is 10.2. The molecule has 0 aliphatic rings. The lowest BCUT2D eigenvalue weighted by molar-refractivity contribution is -0.118. The van der Waals surface area contributed by atoms with Gasteiger partial charge in [0.1, 0.15) is 5.82 Å². The van der Waals surface area contributed by atoms with Crippen molar-refractivity contribution >= 4 is 41.0 Å². The van der Waals surface area contributed by atoms with Gasteiger partial charge in [-0.1, -0.05) is 35.9 Å². The number of benzene rings is 2. The fraction of sp³-hybridized carbons (Fsp3) is 0.235. The molecule has 0 aromatic heterocycles. The molecule has 0 saturated carbocycles. The first-order valence-corrected chi connectivity index (χ1v) is 9.64. The monoisotopic (exact) mass is 369 g/mol. The number of halogens is 2. The van der Waals surface area contributed by atoms with Gasteiger partial charge in [-0.3, -0.25) is 4.79 Å². The van der Waals surface area contributed by atoms with Gasteiger partial charge in [0.25, 0.3) is 0 Å². The molecule has 0 spiro atoms. The summed E-state index contributed by atoms with van der Waals surface area (Å²) in [6, 6.07) is 14.6. The van der Waals surface area contributed by atoms with Crippen LogP contribution in [0.4, 0.5) is 4.39 Å². The minimum absolute atomic E-state index is 0.0453. The summed E-state index contributed by atoms with van der Waals surface area (Å²) in [6.07, 6.45) is 0. The standard InChI is InChI=1S/C17H17ClFNOS2/c18-15-7-4-8-16(19)14(15)11-22-12-17(21)20-9-10-23-13-5-2-1-3-6-13/h1-8H,9-12H2,(H,20,21). The van der Waals surface area contributed by atoms with Crippen molar-refractivity contribution in [1.82, 2.24) is 5.32 Å². The number of nitrogens with one attached hydrogen (secondary N) is 1. The Morgan fingerprint density at radius 3 is 2.65 bits per heavy atom. The van der Waals surface area contributed by atoms with Gasteiger partial charge in [0, 0.05) is 33.5 Å². The van der Waals surface area contributed by atoms with Gasteiger partial charge in [0.05, 0.1) is 5.75 Å². The Morgan fingerprint density at radius 1 is 1.13 bits per heavy atom. The zero-order chi connectivity index (χ0) is 16.5. The molecule has 0 bridgehead atoms. The van der Waals surface area contributed by atoms with E-state index in [-0.39, 0.29) is 11.7 Å². The van der Waals surface area contributed by atoms with Gasteiger partial charge < -0.3 is 5.32 Å². The first-order chi connectivity index (χ1) is 11.2. The van der Waals surface area contributed by atoms with Crippen LogP contribution in [0, 0.1) is 5.82 Å². The number of thioether (sulfide) groups is 2. The maximum Gasteiger partial charge on any atom is 0.230 e. The Labute approximate surface area is 149 Å². The quantitative estimate of drug-likeness (QED) is 0.543. The number of rotatable bonds is 8. The molecule has 2 nitrogen and oxygen atoms in total. The van der Waals surface area contributed by atoms with Crippen LogP contribution in [0.2, 0.25) is 5.02 Å². The van der Waals surface area contributed by atoms with Gasteiger partial charge in [-0.05, 0) is 24.3 Å². The van der Waals surface area contributed by atoms with Gasteiger partial charge in [-0.25, -0.2) is 4.39 Å². The second-order valence-electron chi connectivity index (χ2n) is 4.70. The van der Waals surface area contributed by atoms with Crippen LogP contribution in [0.1, 0.15) is 5.56 Å². The Balaban J connectivity index is 1.62. The first-order valence-electron chi connectivity index (χ1n) is 7.12. The van der Waals surface area contributed by atoms with Gasteiger partial charge in [-0.15, -0.1) is 23.5 Å². The third-order valence-electron chi connectivity index (χ3n) is 2.98. The normalized spacial score (nSPS) is 10.5. The van der Waals surface area contributed by atoms with E-state index in [1.165, 1.54) is 22.7 Å². The van der Waals surface area contributed by atoms with Gasteiger partial charge >= 0.3 is 0 Å². The molecule has 0 atom stereocenters. The Kier molecular flexibility index (Phi) is 7.79. The average Bonchev–Trinajstić information content (AvgIpc) is 2.55. The van der Waals surface area contributed by atoms with E-state index in [0.717, 1.165) is 5.75 Å². The van der Waals surface area contributed by atoms with Crippen molar-refractivity contribution in [2.24, 2.45) is 0 Å². The van der Waals surface area contributed by atoms with Crippen LogP contribution < -0.4 is 5.32 Å². The molecule has 2 aromatic rings. The molecule has 2 aromatic carbocycles. The summed E-state index contributed by atoms with van der Waals surface area (Å²) < 4.78 is 13.6. The van der Waals surface area contributed by atoms with Crippen molar-refractivity contribution in [3.63, 3.8) is 0 Å². The van der Waals surface area contributed by atoms with E-state index in [0.29, 0.717) is 28.6 Å². The molecule has 2 rings (SSSR count). The summed E-state index contributed by atoms with van der Waals surface area (Å²) in [7, 11) is 0. The second-order valence-corrected chi connectivity index (χ2v) is 7.27. The van der Waals surface area contributed by atoms with Gasteiger partial charge in [0.2, 0.25) is 5.91 Å². The number of hydrogen-bond acceptors (Lipinski definition) is 3. The van der Waals surface area contributed by atoms with E-state index in [4.69, 9.17) is 11.6 Å². The van der Waals surface area contributed by atoms with E-state index in [1.54, 1.807) is 23.9 Å². The Bertz CT molecular complexity index is 619. The van der Waals surface area contributed by atoms with Crippen molar-refractivity contribution in [1.29, 1.82) is 0 Å². The average molecular weight is 370 g/mol. The summed E-state index contributed by atoms with van der Waals surface area (Å²) in [5.74, 6) is 1.12. The molecule has 0 heterocycles. The molecular weight excluding hydrogens is 353 g/mol. The maximum atomic E-state index is 13.6. The third-order valence-corrected chi connectivity index (χ3v) is 5.30. The van der Waals surface area contributed by atoms with E-state index < -0.39 is 0 Å². The van der Waals surface area contributed by atoms with E-state index in [2.05, 4.69) is 5.32 Å². The van der Waals surface area contributed by atoms with Crippen molar-refractivity contribution in [2.75, 3.05) is 18.1 Å². The topological polar surface area (TPSA) is 29.1 Å². The predicted molar refractivity (Wildman–Crippen MR) is 97.7 cm³/mol. The molecule has 6 heteroatoms. The maximum absolute atomic E-state index is 13.6. The lowest BCUT2D eigenvalue weighted by Gasteiger charge is -2.07. The molecular formula is C17H17ClFNOS2. The second kappa shape index (κ2) is 9.85. The molecule has 23 heavy (non-hydrogen) atoms. The van der Waals surface area contributed by atoms with Crippen molar-refractivity contribution in [3.8, 4) is 0 Å². The molecule has 122 valence electrons. The highest BCUT2D eigenvalue weighted by Gasteiger charge is 2.08. The van der Waals surface area contributed by atoms with Gasteiger partial charge in [-0.2, -0.15) is 0 Å². The van der Waals surface area contributed by atoms with Crippen molar-refractivity contribution in [3.05, 3.63) is 64.9 Å². The largest absolute Gasteiger partial charge is 0.355 e. The lowest BCUT2D eigenvalue weighted by Crippen LogP contribution is -2.27. The molecule has 1 amide bonds. The summed E-state index contributed by atoms with van der Waals surface area (Å²) in [4.78, 5) is 12.9. The Morgan fingerprint density at radius 2 is 1.91 bits per heavy atom. The molecule has 0 fully saturated rings. The SMILES string of the molecule is O=C(CSCc1c(F)cccc1Cl)NCCSc1ccccc1. The zero-order valence-electron chi connectivity index (χ0n) is 12.4. The van der Waals surface area contributed by atoms with Crippen LogP contribution in [-0.4, -0.2) is 24.0 Å². The molecule has 0 radical (unpaired) electrons. The van der Waals surface area contributed by atoms with E-state index >= 15 is 0 Å². The van der Waals surface area contributed by atoms with E-state index in [1.807, 2.05) is 30.3 Å². The molecule has 0 unspecified atom stereocenters. The van der Waals surface area contributed by atoms with Crippen LogP contribution in [0.15, 0.2) is 53.4 Å². The van der Waals surface area contributed by atoms with E-state index in [9.17, 15) is 9.18 Å². The third kappa shape index (κ3) is 6.45. The highest BCUT2D eigenvalue weighted by atomic mass is 35.5. The summed E-state index contributed by atoms with van der Waals surface area (Å²) in [5.41, 5.74) is 0.451. The van der Waals surface area contributed by atoms with Crippen molar-refractivity contribution < 1.29 is 9.18 Å². The number of amides is 1. The summed E-state index contributed by atoms with van der Waals surface area (Å²) in [6.45, 7) is 0.611. The fourth-order valence-electron chi connectivity index (χ4n) is 1.84. The smallest absolute Gasteiger partial charge is 0.230 e. The number of carbonyl (C=O) groups is 1. The minimum Gasteiger partial charge on any atom is -0.355 e. The molecule has 0 saturated heterocycles. The summed E-state index contributed by atoms with van der Waals surface area (Å²) >= 11 is 9.00. The van der Waals surface area contributed by atoms with Crippen LogP contribution in [0.3, 0.4) is 0 Å². The van der Waals surface area contributed by atoms with Crippen LogP contribution >= 0.6 is 35.1 Å². The van der Waals surface area contributed by atoms with Crippen molar-refractivity contribution in [2.45, 2.75) is 10.6 Å². The molecule has 0 aliphatic carbocycles. The summed E-state index contributed by atoms with van der Waals surface area (Å²) in [5, 5.41) is 3.26. The van der Waals surface area contributed by atoms with Crippen LogP contribution in [0.5, 0.6) is 0 Å². The van der Waals surface area contributed by atoms with Crippen LogP contribution in [0.25, 0.3) is 0 Å². The molecule has 1 N–H and O–H groups in total. The fourth-order valence-corrected chi connectivity index (χ4v) is 3.83. The van der Waals surface area contributed by atoms with Gasteiger partial charge in [0.15, 0.2) is 0 Å². The predicted octanol–water partition coefficient (Wildman–Crippen LogP) is 4.62. The first kappa shape index (κ1) is 18.2. The highest BCUT2D eigenvalue weighted by molar-refractivity contribution is 7.99. The molecule has 0 aliphatic heterocycles. The van der Waals surface area contributed by atoms with Crippen LogP contribution in [-0.2, 0) is 10.5 Å². The zero-order valence-corrected chi connectivity index (χ0v) is 14.8. The number of carbonyl (C=O) groups excluding carboxylic acids is 1. The highest BCUT2D eigenvalue weighted by Crippen LogP contribution is 2.23. The Hall–Kier alpha value is -1.17. The number of hydrogen-bond donors (Lipinski definition) is 1. The minimum atomic E-state index is -0.329.